The fourth-order valence-electron chi connectivity index (χ4n) is 6.21. The quantitative estimate of drug-likeness (QED) is 0.0519. The maximum Gasteiger partial charge on any atom is 0.200 e. The van der Waals surface area contributed by atoms with Crippen molar-refractivity contribution in [1.82, 2.24) is 0 Å². The maximum atomic E-state index is 15.4. The average molecular weight is 928 g/mol. The summed E-state index contributed by atoms with van der Waals surface area (Å²) in [6.07, 6.45) is -3.07. The van der Waals surface area contributed by atoms with E-state index in [9.17, 15) is 52.7 Å². The van der Waals surface area contributed by atoms with E-state index in [0.29, 0.717) is 0 Å². The van der Waals surface area contributed by atoms with E-state index in [4.69, 9.17) is 0 Å². The lowest BCUT2D eigenvalue weighted by Gasteiger charge is -2.44. The van der Waals surface area contributed by atoms with Crippen LogP contribution in [0.5, 0.6) is 0 Å². The van der Waals surface area contributed by atoms with Gasteiger partial charge in [-0.15, -0.1) is 21.9 Å². The number of hydrogen-bond donors (Lipinski definition) is 0. The molecule has 0 aliphatic heterocycles. The number of nitrogens with zero attached hydrogens (tertiary/aromatic N) is 1. The predicted octanol–water partition coefficient (Wildman–Crippen LogP) is 8.63. The molecule has 1 heterocycles. The van der Waals surface area contributed by atoms with Gasteiger partial charge < -0.3 is 0 Å². The largest absolute Gasteiger partial charge is 0.207 e. The minimum Gasteiger partial charge on any atom is -0.207 e. The van der Waals surface area contributed by atoms with Crippen molar-refractivity contribution in [1.29, 1.82) is 0 Å². The van der Waals surface area contributed by atoms with Crippen LogP contribution in [-0.4, -0.2) is 6.15 Å². The molecule has 0 amide bonds. The van der Waals surface area contributed by atoms with E-state index in [0.717, 1.165) is 11.0 Å². The second-order valence-electron chi connectivity index (χ2n) is 12.0. The van der Waals surface area contributed by atoms with Crippen LogP contribution in [0.25, 0.3) is 0 Å². The summed E-state index contributed by atoms with van der Waals surface area (Å²) in [5, 5.41) is 0. The number of halogens is 21. The minimum atomic E-state index is -7.22. The normalized spacial score (nSPS) is 11.5. The van der Waals surface area contributed by atoms with E-state index in [1.807, 2.05) is 18.2 Å². The smallest absolute Gasteiger partial charge is 0.200 e. The summed E-state index contributed by atoms with van der Waals surface area (Å²) >= 11 is 3.42. The third-order valence-electron chi connectivity index (χ3n) is 8.76. The number of rotatable bonds is 6. The van der Waals surface area contributed by atoms with Gasteiger partial charge in [0, 0.05) is 22.2 Å². The monoisotopic (exact) mass is 927 g/mol. The van der Waals surface area contributed by atoms with Crippen LogP contribution in [0.2, 0.25) is 0 Å². The topological polar surface area (TPSA) is 3.88 Å². The summed E-state index contributed by atoms with van der Waals surface area (Å²) in [6, 6.07) is 14.5. The molecule has 1 aromatic heterocycles. The van der Waals surface area contributed by atoms with Gasteiger partial charge in [0.1, 0.15) is 52.7 Å². The Labute approximate surface area is 323 Å². The predicted molar refractivity (Wildman–Crippen MR) is 169 cm³/mol. The van der Waals surface area contributed by atoms with Crippen molar-refractivity contribution in [3.05, 3.63) is 181 Å². The Balaban J connectivity index is 0.000000395. The molecule has 0 N–H and O–H groups in total. The van der Waals surface area contributed by atoms with Crippen LogP contribution in [0, 0.1) is 116 Å². The molecule has 1 nitrogen and oxygen atoms in total. The van der Waals surface area contributed by atoms with Crippen molar-refractivity contribution in [2.45, 2.75) is 6.54 Å². The molecule has 310 valence electrons. The lowest BCUT2D eigenvalue weighted by Crippen LogP contribution is -2.81. The van der Waals surface area contributed by atoms with Crippen molar-refractivity contribution in [2.75, 3.05) is 0 Å². The molecule has 23 heteroatoms. The fraction of sp³-hybridized carbons (Fsp3) is 0.0278. The third kappa shape index (κ3) is 7.15. The van der Waals surface area contributed by atoms with E-state index < -0.39 is 144 Å². The first kappa shape index (κ1) is 44.5. The molecule has 0 radical (unpaired) electrons. The molecule has 0 unspecified atom stereocenters. The van der Waals surface area contributed by atoms with Gasteiger partial charge in [0.15, 0.2) is 88.7 Å². The Morgan fingerprint density at radius 1 is 0.322 bits per heavy atom. The van der Waals surface area contributed by atoms with E-state index in [2.05, 4.69) is 57.2 Å². The highest BCUT2D eigenvalue weighted by molar-refractivity contribution is 9.10. The third-order valence-corrected chi connectivity index (χ3v) is 9.29. The second kappa shape index (κ2) is 16.6. The van der Waals surface area contributed by atoms with Gasteiger partial charge in [-0.05, 0) is 12.1 Å². The molecule has 0 spiro atoms. The van der Waals surface area contributed by atoms with Crippen LogP contribution >= 0.6 is 15.9 Å². The fourth-order valence-corrected chi connectivity index (χ4v) is 6.48. The average Bonchev–Trinajstić information content (AvgIpc) is 3.22. The first-order valence-corrected chi connectivity index (χ1v) is 16.3. The molecule has 59 heavy (non-hydrogen) atoms. The molecule has 0 saturated carbocycles. The van der Waals surface area contributed by atoms with Gasteiger partial charge in [-0.25, -0.2) is 92.4 Å². The Morgan fingerprint density at radius 3 is 0.780 bits per heavy atom. The molecule has 0 fully saturated rings. The maximum absolute atomic E-state index is 15.4. The number of hydrogen-bond acceptors (Lipinski definition) is 0. The Morgan fingerprint density at radius 2 is 0.542 bits per heavy atom. The minimum absolute atomic E-state index is 0.925. The molecule has 6 aromatic rings. The van der Waals surface area contributed by atoms with Crippen molar-refractivity contribution in [2.24, 2.45) is 0 Å². The van der Waals surface area contributed by atoms with Crippen LogP contribution in [0.4, 0.5) is 87.8 Å². The second-order valence-corrected chi connectivity index (χ2v) is 12.9. The molecule has 6 rings (SSSR count). The summed E-state index contributed by atoms with van der Waals surface area (Å²) in [4.78, 5) is 0. The first-order chi connectivity index (χ1) is 27.5. The summed E-state index contributed by atoms with van der Waals surface area (Å²) < 4.78 is 297. The summed E-state index contributed by atoms with van der Waals surface area (Å²) in [5.74, 6) is -71.4. The molecule has 0 aliphatic carbocycles. The van der Waals surface area contributed by atoms with Crippen LogP contribution in [0.1, 0.15) is 5.56 Å². The Kier molecular flexibility index (Phi) is 12.5. The van der Waals surface area contributed by atoms with Gasteiger partial charge in [-0.1, -0.05) is 34.1 Å². The zero-order chi connectivity index (χ0) is 44.2. The van der Waals surface area contributed by atoms with Crippen LogP contribution in [-0.2, 0) is 6.54 Å². The highest BCUT2D eigenvalue weighted by Gasteiger charge is 2.52. The zero-order valence-electron chi connectivity index (χ0n) is 27.9. The van der Waals surface area contributed by atoms with Crippen molar-refractivity contribution >= 4 is 43.9 Å². The lowest BCUT2D eigenvalue weighted by molar-refractivity contribution is -0.688. The highest BCUT2D eigenvalue weighted by Crippen LogP contribution is 2.30. The van der Waals surface area contributed by atoms with Gasteiger partial charge in [0.05, 0.1) is 0 Å². The van der Waals surface area contributed by atoms with Crippen LogP contribution < -0.4 is 26.4 Å². The molecular weight excluding hydrogens is 917 g/mol. The van der Waals surface area contributed by atoms with Gasteiger partial charge in [-0.2, -0.15) is 0 Å². The number of pyridine rings is 1. The van der Waals surface area contributed by atoms with Crippen molar-refractivity contribution in [3.8, 4) is 0 Å². The van der Waals surface area contributed by atoms with Gasteiger partial charge in [0.2, 0.25) is 0 Å². The lowest BCUT2D eigenvalue weighted by atomic mass is 9.12. The Hall–Kier alpha value is -5.61. The Bertz CT molecular complexity index is 2260. The number of benzene rings is 5. The summed E-state index contributed by atoms with van der Waals surface area (Å²) in [5.41, 5.74) is -13.0. The van der Waals surface area contributed by atoms with Crippen molar-refractivity contribution in [3.63, 3.8) is 0 Å². The van der Waals surface area contributed by atoms with Gasteiger partial charge in [0.25, 0.3) is 0 Å². The van der Waals surface area contributed by atoms with Crippen LogP contribution in [0.15, 0.2) is 59.3 Å². The number of aromatic nitrogens is 1. The van der Waals surface area contributed by atoms with Gasteiger partial charge >= 0.3 is 0 Å². The molecule has 0 bridgehead atoms. The summed E-state index contributed by atoms with van der Waals surface area (Å²) in [7, 11) is 0. The summed E-state index contributed by atoms with van der Waals surface area (Å²) in [6.45, 7) is 0.925. The molecule has 5 aromatic carbocycles. The molecule has 0 atom stereocenters. The first-order valence-electron chi connectivity index (χ1n) is 15.5. The molecule has 0 saturated heterocycles. The SMILES string of the molecule is Brc1ccc(C[n+]2ccccc2)cc1.Fc1c(F)c(F)c([B-](c2c(F)c(F)c(F)c(F)c2F)(c2c(F)c(F)c(F)c(F)c2F)c2c(F)c(F)c(F)c(F)c2F)c(F)c1F. The molecular formula is C36H11BBrF20N. The molecule has 0 aliphatic rings. The van der Waals surface area contributed by atoms with E-state index in [1.54, 1.807) is 0 Å². The van der Waals surface area contributed by atoms with Crippen LogP contribution in [0.3, 0.4) is 0 Å². The van der Waals surface area contributed by atoms with Gasteiger partial charge in [-0.3, -0.25) is 0 Å². The van der Waals surface area contributed by atoms with E-state index >= 15 is 35.1 Å². The highest BCUT2D eigenvalue weighted by atomic mass is 79.9. The zero-order valence-corrected chi connectivity index (χ0v) is 29.5. The standard InChI is InChI=1S/C24BF20.C12H11BrN/c26-5-1(6(27)14(35)21(42)13(5)34)25(2-7(28)15(36)22(43)16(37)8(2)29,3-9(30)17(38)23(44)18(39)10(3)31)4-11(32)19(40)24(45)20(41)12(4)33;13-12-6-4-11(5-7-12)10-14-8-2-1-3-9-14/h;1-9H,10H2/q-1;+1. The van der Waals surface area contributed by atoms with E-state index in [-0.39, 0.29) is 0 Å². The van der Waals surface area contributed by atoms with E-state index in [1.165, 1.54) is 5.56 Å². The van der Waals surface area contributed by atoms with Crippen molar-refractivity contribution < 1.29 is 92.4 Å².